The summed E-state index contributed by atoms with van der Waals surface area (Å²) in [5, 5.41) is 8.80. The van der Waals surface area contributed by atoms with E-state index in [1.165, 1.54) is 11.3 Å². The van der Waals surface area contributed by atoms with Crippen molar-refractivity contribution in [2.45, 2.75) is 20.8 Å². The molecular formula is C20H19N3O3S. The number of hydrogen-bond donors (Lipinski definition) is 2. The van der Waals surface area contributed by atoms with Gasteiger partial charge in [0.05, 0.1) is 10.6 Å². The van der Waals surface area contributed by atoms with Crippen LogP contribution in [0.5, 0.6) is 0 Å². The molecule has 0 atom stereocenters. The average molecular weight is 381 g/mol. The normalized spacial score (nSPS) is 11.3. The van der Waals surface area contributed by atoms with Crippen LogP contribution in [0.3, 0.4) is 0 Å². The molecule has 2 N–H and O–H groups in total. The Balaban J connectivity index is 1.63. The summed E-state index contributed by atoms with van der Waals surface area (Å²) < 4.78 is 5.30. The van der Waals surface area contributed by atoms with Gasteiger partial charge in [-0.05, 0) is 67.6 Å². The van der Waals surface area contributed by atoms with Crippen LogP contribution in [0.2, 0.25) is 0 Å². The van der Waals surface area contributed by atoms with Crippen molar-refractivity contribution < 1.29 is 14.0 Å². The summed E-state index contributed by atoms with van der Waals surface area (Å²) in [4.78, 5) is 24.8. The van der Waals surface area contributed by atoms with Gasteiger partial charge in [-0.15, -0.1) is 11.3 Å². The molecule has 2 heterocycles. The molecule has 2 amide bonds. The van der Waals surface area contributed by atoms with E-state index in [1.807, 2.05) is 30.5 Å². The lowest BCUT2D eigenvalue weighted by Crippen LogP contribution is -2.19. The number of nitrogens with zero attached hydrogens (tertiary/aromatic N) is 1. The monoisotopic (exact) mass is 381 g/mol. The molecule has 3 rings (SSSR count). The van der Waals surface area contributed by atoms with Crippen LogP contribution in [0, 0.1) is 13.8 Å². The number of carbonyl (C=O) groups excluding carboxylic acids is 2. The van der Waals surface area contributed by atoms with Crippen LogP contribution in [0.25, 0.3) is 0 Å². The Morgan fingerprint density at radius 3 is 2.33 bits per heavy atom. The summed E-state index contributed by atoms with van der Waals surface area (Å²) in [6.45, 7) is 5.48. The molecular weight excluding hydrogens is 362 g/mol. The summed E-state index contributed by atoms with van der Waals surface area (Å²) >= 11 is 1.38. The van der Waals surface area contributed by atoms with Gasteiger partial charge in [0.1, 0.15) is 5.76 Å². The van der Waals surface area contributed by atoms with E-state index in [4.69, 9.17) is 4.42 Å². The highest BCUT2D eigenvalue weighted by molar-refractivity contribution is 7.12. The number of thiophene rings is 1. The number of carbonyl (C=O) groups is 2. The Morgan fingerprint density at radius 2 is 1.74 bits per heavy atom. The second kappa shape index (κ2) is 8.01. The van der Waals surface area contributed by atoms with Crippen molar-refractivity contribution in [3.05, 3.63) is 75.4 Å². The quantitative estimate of drug-likeness (QED) is 0.509. The van der Waals surface area contributed by atoms with Crippen molar-refractivity contribution in [2.75, 3.05) is 5.32 Å². The van der Waals surface area contributed by atoms with Crippen molar-refractivity contribution in [2.24, 2.45) is 5.10 Å². The van der Waals surface area contributed by atoms with Gasteiger partial charge in [0.2, 0.25) is 0 Å². The molecule has 0 aliphatic carbocycles. The molecule has 3 aromatic rings. The minimum absolute atomic E-state index is 0.223. The Morgan fingerprint density at radius 1 is 1.00 bits per heavy atom. The molecule has 7 heteroatoms. The highest BCUT2D eigenvalue weighted by Gasteiger charge is 2.11. The second-order valence-corrected chi connectivity index (χ2v) is 6.93. The highest BCUT2D eigenvalue weighted by Crippen LogP contribution is 2.16. The number of hydrazone groups is 1. The van der Waals surface area contributed by atoms with E-state index in [2.05, 4.69) is 15.8 Å². The van der Waals surface area contributed by atoms with E-state index in [0.717, 1.165) is 11.1 Å². The van der Waals surface area contributed by atoms with Gasteiger partial charge < -0.3 is 9.73 Å². The van der Waals surface area contributed by atoms with Crippen LogP contribution in [-0.2, 0) is 0 Å². The largest absolute Gasteiger partial charge is 0.456 e. The summed E-state index contributed by atoms with van der Waals surface area (Å²) in [6, 6.07) is 12.5. The molecule has 138 valence electrons. The zero-order chi connectivity index (χ0) is 19.4. The van der Waals surface area contributed by atoms with Gasteiger partial charge in [0.25, 0.3) is 11.8 Å². The van der Waals surface area contributed by atoms with Crippen LogP contribution < -0.4 is 10.7 Å². The Kier molecular flexibility index (Phi) is 5.52. The molecule has 0 aliphatic rings. The number of rotatable bonds is 5. The lowest BCUT2D eigenvalue weighted by atomic mass is 10.1. The van der Waals surface area contributed by atoms with Gasteiger partial charge in [-0.25, -0.2) is 5.43 Å². The van der Waals surface area contributed by atoms with Crippen molar-refractivity contribution in [3.63, 3.8) is 0 Å². The molecule has 0 aliphatic heterocycles. The molecule has 0 fully saturated rings. The maximum absolute atomic E-state index is 12.1. The number of anilines is 1. The first-order chi connectivity index (χ1) is 12.9. The zero-order valence-electron chi connectivity index (χ0n) is 15.2. The number of amides is 2. The van der Waals surface area contributed by atoms with E-state index in [-0.39, 0.29) is 17.6 Å². The predicted molar refractivity (Wildman–Crippen MR) is 107 cm³/mol. The first-order valence-electron chi connectivity index (χ1n) is 8.31. The fourth-order valence-electron chi connectivity index (χ4n) is 2.40. The lowest BCUT2D eigenvalue weighted by Gasteiger charge is -2.06. The Hall–Kier alpha value is -3.19. The standard InChI is InChI=1S/C20H19N3O3S/c1-12-10-11-27-18(12)20(25)23-22-14(3)15-5-7-16(8-6-15)21-19(24)17-9-4-13(2)26-17/h4-11H,1-3H3,(H,21,24)(H,23,25). The Labute approximate surface area is 160 Å². The molecule has 27 heavy (non-hydrogen) atoms. The third kappa shape index (κ3) is 4.51. The van der Waals surface area contributed by atoms with E-state index < -0.39 is 0 Å². The number of benzene rings is 1. The van der Waals surface area contributed by atoms with E-state index in [0.29, 0.717) is 22.0 Å². The minimum Gasteiger partial charge on any atom is -0.456 e. The Bertz CT molecular complexity index is 1000. The molecule has 2 aromatic heterocycles. The number of hydrogen-bond acceptors (Lipinski definition) is 5. The molecule has 0 radical (unpaired) electrons. The fourth-order valence-corrected chi connectivity index (χ4v) is 3.21. The molecule has 0 unspecified atom stereocenters. The van der Waals surface area contributed by atoms with Crippen molar-refractivity contribution >= 4 is 34.6 Å². The molecule has 0 spiro atoms. The maximum Gasteiger partial charge on any atom is 0.291 e. The van der Waals surface area contributed by atoms with Crippen molar-refractivity contribution in [1.82, 2.24) is 5.43 Å². The van der Waals surface area contributed by atoms with Crippen LogP contribution in [-0.4, -0.2) is 17.5 Å². The number of aryl methyl sites for hydroxylation is 2. The third-order valence-electron chi connectivity index (χ3n) is 3.92. The first kappa shape index (κ1) is 18.6. The van der Waals surface area contributed by atoms with Gasteiger partial charge in [-0.3, -0.25) is 9.59 Å². The van der Waals surface area contributed by atoms with Crippen LogP contribution in [0.15, 0.2) is 57.4 Å². The molecule has 0 saturated heterocycles. The van der Waals surface area contributed by atoms with Gasteiger partial charge in [0, 0.05) is 5.69 Å². The smallest absolute Gasteiger partial charge is 0.291 e. The van der Waals surface area contributed by atoms with E-state index in [9.17, 15) is 9.59 Å². The van der Waals surface area contributed by atoms with Crippen molar-refractivity contribution in [3.8, 4) is 0 Å². The van der Waals surface area contributed by atoms with E-state index in [1.54, 1.807) is 38.1 Å². The number of nitrogens with one attached hydrogen (secondary N) is 2. The average Bonchev–Trinajstić information content (AvgIpc) is 3.28. The fraction of sp³-hybridized carbons (Fsp3) is 0.150. The third-order valence-corrected chi connectivity index (χ3v) is 4.93. The predicted octanol–water partition coefficient (Wildman–Crippen LogP) is 4.36. The van der Waals surface area contributed by atoms with Gasteiger partial charge >= 0.3 is 0 Å². The van der Waals surface area contributed by atoms with Gasteiger partial charge in [-0.1, -0.05) is 12.1 Å². The first-order valence-corrected chi connectivity index (χ1v) is 9.19. The minimum atomic E-state index is -0.306. The molecule has 6 nitrogen and oxygen atoms in total. The summed E-state index contributed by atoms with van der Waals surface area (Å²) in [7, 11) is 0. The zero-order valence-corrected chi connectivity index (χ0v) is 16.0. The van der Waals surface area contributed by atoms with Crippen LogP contribution in [0.4, 0.5) is 5.69 Å². The summed E-state index contributed by atoms with van der Waals surface area (Å²) in [6.07, 6.45) is 0. The molecule has 0 bridgehead atoms. The highest BCUT2D eigenvalue weighted by atomic mass is 32.1. The number of furan rings is 1. The summed E-state index contributed by atoms with van der Waals surface area (Å²) in [5.41, 5.74) is 5.64. The topological polar surface area (TPSA) is 83.7 Å². The van der Waals surface area contributed by atoms with Crippen LogP contribution >= 0.6 is 11.3 Å². The SMILES string of the molecule is CC(=NNC(=O)c1sccc1C)c1ccc(NC(=O)c2ccc(C)o2)cc1. The maximum atomic E-state index is 12.1. The molecule has 1 aromatic carbocycles. The van der Waals surface area contributed by atoms with Gasteiger partial charge in [-0.2, -0.15) is 5.10 Å². The second-order valence-electron chi connectivity index (χ2n) is 6.01. The van der Waals surface area contributed by atoms with Crippen molar-refractivity contribution in [1.29, 1.82) is 0 Å². The van der Waals surface area contributed by atoms with E-state index >= 15 is 0 Å². The van der Waals surface area contributed by atoms with Gasteiger partial charge in [0.15, 0.2) is 5.76 Å². The molecule has 0 saturated carbocycles. The van der Waals surface area contributed by atoms with Crippen LogP contribution in [0.1, 0.15) is 44.0 Å². The summed E-state index contributed by atoms with van der Waals surface area (Å²) in [5.74, 6) is 0.419. The lowest BCUT2D eigenvalue weighted by molar-refractivity contribution is 0.0957.